The van der Waals surface area contributed by atoms with E-state index in [2.05, 4.69) is 26.1 Å². The van der Waals surface area contributed by atoms with Crippen LogP contribution in [0.15, 0.2) is 12.3 Å². The van der Waals surface area contributed by atoms with Crippen molar-refractivity contribution < 1.29 is 23.4 Å². The molecule has 6 heterocycles. The second-order valence-corrected chi connectivity index (χ2v) is 12.7. The molecule has 12 heteroatoms. The number of aromatic amines is 1. The third-order valence-corrected chi connectivity index (χ3v) is 9.92. The zero-order valence-electron chi connectivity index (χ0n) is 24.4. The van der Waals surface area contributed by atoms with Crippen LogP contribution >= 0.6 is 0 Å². The number of pyridine rings is 1. The first kappa shape index (κ1) is 26.9. The highest BCUT2D eigenvalue weighted by atomic mass is 19.1. The molecule has 4 aromatic rings. The van der Waals surface area contributed by atoms with Gasteiger partial charge in [0, 0.05) is 37.6 Å². The van der Waals surface area contributed by atoms with E-state index < -0.39 is 17.5 Å². The van der Waals surface area contributed by atoms with E-state index in [1.165, 1.54) is 0 Å². The highest BCUT2D eigenvalue weighted by molar-refractivity contribution is 6.02. The van der Waals surface area contributed by atoms with Crippen molar-refractivity contribution in [3.63, 3.8) is 0 Å². The minimum Gasteiger partial charge on any atom is -0.475 e. The SMILES string of the molecule is Cc1cc2[nH]ncc2c(-c2nc3c4c(nc(OC[C@@]56CCCN5C[C@H](F)C6)nc4c2F)N(C)[C@@H](CCO)CO3)c1C1CC1. The molecule has 10 nitrogen and oxygen atoms in total. The molecule has 43 heavy (non-hydrogen) atoms. The molecule has 226 valence electrons. The molecule has 3 atom stereocenters. The van der Waals surface area contributed by atoms with E-state index >= 15 is 4.39 Å². The maximum absolute atomic E-state index is 17.0. The van der Waals surface area contributed by atoms with Crippen molar-refractivity contribution in [2.75, 3.05) is 44.9 Å². The van der Waals surface area contributed by atoms with Gasteiger partial charge < -0.3 is 19.5 Å². The van der Waals surface area contributed by atoms with Crippen LogP contribution in [0.5, 0.6) is 11.9 Å². The monoisotopic (exact) mass is 591 g/mol. The van der Waals surface area contributed by atoms with Gasteiger partial charge in [-0.05, 0) is 68.7 Å². The average molecular weight is 592 g/mol. The topological polar surface area (TPSA) is 113 Å². The third-order valence-electron chi connectivity index (χ3n) is 9.92. The van der Waals surface area contributed by atoms with Crippen LogP contribution in [0, 0.1) is 12.7 Å². The number of anilines is 1. The molecule has 0 unspecified atom stereocenters. The average Bonchev–Trinajstić information content (AvgIpc) is 3.50. The molecule has 0 spiro atoms. The molecule has 1 aromatic carbocycles. The number of aliphatic hydroxyl groups excluding tert-OH is 1. The van der Waals surface area contributed by atoms with Crippen molar-refractivity contribution in [2.24, 2.45) is 0 Å². The second kappa shape index (κ2) is 9.95. The number of halogens is 2. The van der Waals surface area contributed by atoms with Crippen LogP contribution < -0.4 is 14.4 Å². The van der Waals surface area contributed by atoms with Gasteiger partial charge in [0.25, 0.3) is 0 Å². The van der Waals surface area contributed by atoms with Gasteiger partial charge in [0.2, 0.25) is 5.88 Å². The molecule has 3 aromatic heterocycles. The molecular formula is C31H35F2N7O3. The number of likely N-dealkylation sites (N-methyl/N-ethyl adjacent to an activating group) is 1. The van der Waals surface area contributed by atoms with E-state index in [1.54, 1.807) is 6.20 Å². The highest BCUT2D eigenvalue weighted by Crippen LogP contribution is 2.50. The zero-order chi connectivity index (χ0) is 29.5. The van der Waals surface area contributed by atoms with Gasteiger partial charge in [-0.15, -0.1) is 0 Å². The summed E-state index contributed by atoms with van der Waals surface area (Å²) in [5, 5.41) is 18.2. The fourth-order valence-electron chi connectivity index (χ4n) is 7.62. The number of H-pyrrole nitrogens is 1. The molecule has 1 aliphatic carbocycles. The summed E-state index contributed by atoms with van der Waals surface area (Å²) in [4.78, 5) is 18.3. The van der Waals surface area contributed by atoms with Crippen molar-refractivity contribution in [1.82, 2.24) is 30.0 Å². The highest BCUT2D eigenvalue weighted by Gasteiger charge is 2.49. The summed E-state index contributed by atoms with van der Waals surface area (Å²) in [5.41, 5.74) is 3.47. The van der Waals surface area contributed by atoms with Gasteiger partial charge in [-0.25, -0.2) is 13.8 Å². The number of benzene rings is 1. The number of hydrogen-bond donors (Lipinski definition) is 2. The van der Waals surface area contributed by atoms with Crippen LogP contribution in [0.4, 0.5) is 14.6 Å². The van der Waals surface area contributed by atoms with E-state index in [-0.39, 0.29) is 49.0 Å². The number of fused-ring (bicyclic) bond motifs is 2. The van der Waals surface area contributed by atoms with E-state index in [0.29, 0.717) is 42.1 Å². The lowest BCUT2D eigenvalue weighted by Crippen LogP contribution is -2.43. The Morgan fingerprint density at radius 1 is 1.26 bits per heavy atom. The minimum absolute atomic E-state index is 0.0321. The first-order valence-corrected chi connectivity index (χ1v) is 15.2. The Morgan fingerprint density at radius 2 is 2.12 bits per heavy atom. The van der Waals surface area contributed by atoms with Crippen LogP contribution in [0.3, 0.4) is 0 Å². The Kier molecular flexibility index (Phi) is 6.23. The summed E-state index contributed by atoms with van der Waals surface area (Å²) in [6.45, 7) is 3.70. The number of hydrogen-bond acceptors (Lipinski definition) is 9. The van der Waals surface area contributed by atoms with Crippen LogP contribution in [-0.2, 0) is 0 Å². The Labute approximate surface area is 247 Å². The summed E-state index contributed by atoms with van der Waals surface area (Å²) in [6.07, 6.45) is 5.55. The standard InChI is InChI=1S/C31H35F2N7O3/c1-16-10-21-20(12-34-38-21)23(22(16)17-4-5-17)26-25(33)27-24-28(39(2)19(6-9-41)14-42-29(24)35-26)37-30(36-27)43-15-31-7-3-8-40(31)13-18(32)11-31/h10,12,17-19,41H,3-9,11,13-15H2,1-2H3,(H,34,38)/t18-,19+,31+/m1/s1. The van der Waals surface area contributed by atoms with Crippen LogP contribution in [0.2, 0.25) is 0 Å². The molecule has 0 bridgehead atoms. The fourth-order valence-corrected chi connectivity index (χ4v) is 7.62. The maximum Gasteiger partial charge on any atom is 0.319 e. The molecule has 2 N–H and O–H groups in total. The zero-order valence-corrected chi connectivity index (χ0v) is 24.4. The number of ether oxygens (including phenoxy) is 2. The molecule has 3 fully saturated rings. The minimum atomic E-state index is -0.892. The van der Waals surface area contributed by atoms with Gasteiger partial charge in [0.05, 0.1) is 23.3 Å². The van der Waals surface area contributed by atoms with Crippen LogP contribution in [0.1, 0.15) is 55.6 Å². The molecule has 3 aliphatic heterocycles. The summed E-state index contributed by atoms with van der Waals surface area (Å²) >= 11 is 0. The Bertz CT molecular complexity index is 1740. The number of alkyl halides is 1. The van der Waals surface area contributed by atoms with E-state index in [9.17, 15) is 9.50 Å². The predicted octanol–water partition coefficient (Wildman–Crippen LogP) is 4.43. The second-order valence-electron chi connectivity index (χ2n) is 12.7. The van der Waals surface area contributed by atoms with Gasteiger partial charge in [-0.3, -0.25) is 10.00 Å². The Morgan fingerprint density at radius 3 is 2.93 bits per heavy atom. The van der Waals surface area contributed by atoms with Crippen molar-refractivity contribution in [3.8, 4) is 23.1 Å². The lowest BCUT2D eigenvalue weighted by atomic mass is 9.92. The van der Waals surface area contributed by atoms with Gasteiger partial charge in [-0.2, -0.15) is 15.1 Å². The largest absolute Gasteiger partial charge is 0.475 e. The quantitative estimate of drug-likeness (QED) is 0.322. The Balaban J connectivity index is 1.31. The van der Waals surface area contributed by atoms with E-state index in [1.807, 2.05) is 18.9 Å². The maximum atomic E-state index is 17.0. The molecule has 1 saturated carbocycles. The van der Waals surface area contributed by atoms with Crippen LogP contribution in [-0.4, -0.2) is 92.9 Å². The van der Waals surface area contributed by atoms with Crippen molar-refractivity contribution in [3.05, 3.63) is 29.2 Å². The Hall–Kier alpha value is -3.64. The number of aliphatic hydroxyl groups is 1. The number of aromatic nitrogens is 5. The molecule has 0 radical (unpaired) electrons. The van der Waals surface area contributed by atoms with Crippen molar-refractivity contribution in [1.29, 1.82) is 0 Å². The summed E-state index contributed by atoms with van der Waals surface area (Å²) < 4.78 is 43.9. The number of rotatable bonds is 7. The predicted molar refractivity (Wildman–Crippen MR) is 157 cm³/mol. The van der Waals surface area contributed by atoms with Crippen LogP contribution in [0.25, 0.3) is 33.1 Å². The molecular weight excluding hydrogens is 556 g/mol. The fraction of sp³-hybridized carbons (Fsp3) is 0.548. The summed E-state index contributed by atoms with van der Waals surface area (Å²) in [7, 11) is 1.85. The molecule has 8 rings (SSSR count). The lowest BCUT2D eigenvalue weighted by Gasteiger charge is -2.31. The van der Waals surface area contributed by atoms with Gasteiger partial charge in [0.15, 0.2) is 5.82 Å². The number of aryl methyl sites for hydroxylation is 1. The van der Waals surface area contributed by atoms with Gasteiger partial charge >= 0.3 is 6.01 Å². The normalized spacial score (nSPS) is 25.4. The van der Waals surface area contributed by atoms with Gasteiger partial charge in [0.1, 0.15) is 41.8 Å². The smallest absolute Gasteiger partial charge is 0.319 e. The van der Waals surface area contributed by atoms with E-state index in [4.69, 9.17) is 19.4 Å². The summed E-state index contributed by atoms with van der Waals surface area (Å²) in [5.74, 6) is 0.423. The molecule has 0 amide bonds. The van der Waals surface area contributed by atoms with Crippen molar-refractivity contribution in [2.45, 2.75) is 69.1 Å². The third kappa shape index (κ3) is 4.24. The number of nitrogens with zero attached hydrogens (tertiary/aromatic N) is 6. The summed E-state index contributed by atoms with van der Waals surface area (Å²) in [6, 6.07) is 1.86. The molecule has 2 saturated heterocycles. The molecule has 4 aliphatic rings. The first-order valence-electron chi connectivity index (χ1n) is 15.2. The first-order chi connectivity index (χ1) is 20.9. The van der Waals surface area contributed by atoms with Gasteiger partial charge in [-0.1, -0.05) is 0 Å². The van der Waals surface area contributed by atoms with E-state index in [0.717, 1.165) is 54.3 Å². The van der Waals surface area contributed by atoms with Crippen molar-refractivity contribution >= 4 is 27.6 Å². The number of nitrogens with one attached hydrogen (secondary N) is 1. The lowest BCUT2D eigenvalue weighted by molar-refractivity contribution is 0.107.